The van der Waals surface area contributed by atoms with Gasteiger partial charge >= 0.3 is 5.82 Å². The standard InChI is InChI=1S/C12H11N3O2/c1-2-10-3-5-11(6-4-10)8-14-9-13-7-12(14)15(16)17/h2-7,9H,1,8H2. The molecular weight excluding hydrogens is 218 g/mol. The van der Waals surface area contributed by atoms with Crippen LogP contribution in [0.25, 0.3) is 6.08 Å². The van der Waals surface area contributed by atoms with Gasteiger partial charge in [0, 0.05) is 0 Å². The third-order valence-electron chi connectivity index (χ3n) is 2.45. The van der Waals surface area contributed by atoms with Crippen LogP contribution in [0.3, 0.4) is 0 Å². The predicted molar refractivity (Wildman–Crippen MR) is 64.5 cm³/mol. The van der Waals surface area contributed by atoms with Gasteiger partial charge in [0.25, 0.3) is 0 Å². The van der Waals surface area contributed by atoms with E-state index in [4.69, 9.17) is 0 Å². The molecule has 0 saturated heterocycles. The molecule has 1 aromatic heterocycles. The van der Waals surface area contributed by atoms with Crippen molar-refractivity contribution in [3.63, 3.8) is 0 Å². The first-order valence-corrected chi connectivity index (χ1v) is 5.06. The second-order valence-electron chi connectivity index (χ2n) is 3.58. The molecule has 0 bridgehead atoms. The number of nitrogens with zero attached hydrogens (tertiary/aromatic N) is 3. The van der Waals surface area contributed by atoms with Gasteiger partial charge in [0.1, 0.15) is 12.7 Å². The Morgan fingerprint density at radius 3 is 2.71 bits per heavy atom. The molecule has 0 saturated carbocycles. The van der Waals surface area contributed by atoms with Crippen molar-refractivity contribution in [1.82, 2.24) is 9.55 Å². The molecule has 0 amide bonds. The highest BCUT2D eigenvalue weighted by molar-refractivity contribution is 5.47. The number of nitro groups is 1. The summed E-state index contributed by atoms with van der Waals surface area (Å²) in [7, 11) is 0. The summed E-state index contributed by atoms with van der Waals surface area (Å²) in [5.41, 5.74) is 2.01. The van der Waals surface area contributed by atoms with E-state index < -0.39 is 4.92 Å². The fourth-order valence-corrected chi connectivity index (χ4v) is 1.54. The third kappa shape index (κ3) is 2.39. The molecule has 1 heterocycles. The van der Waals surface area contributed by atoms with Crippen molar-refractivity contribution >= 4 is 11.9 Å². The average molecular weight is 229 g/mol. The third-order valence-corrected chi connectivity index (χ3v) is 2.45. The molecule has 2 aromatic rings. The zero-order valence-corrected chi connectivity index (χ0v) is 9.11. The number of hydrogen-bond donors (Lipinski definition) is 0. The highest BCUT2D eigenvalue weighted by Gasteiger charge is 2.12. The van der Waals surface area contributed by atoms with Gasteiger partial charge in [-0.05, 0) is 16.1 Å². The van der Waals surface area contributed by atoms with Gasteiger partial charge in [0.2, 0.25) is 0 Å². The van der Waals surface area contributed by atoms with Gasteiger partial charge in [-0.3, -0.25) is 0 Å². The summed E-state index contributed by atoms with van der Waals surface area (Å²) in [5, 5.41) is 10.7. The van der Waals surface area contributed by atoms with E-state index in [2.05, 4.69) is 11.6 Å². The van der Waals surface area contributed by atoms with Crippen LogP contribution in [0.5, 0.6) is 0 Å². The van der Waals surface area contributed by atoms with Crippen LogP contribution in [0.2, 0.25) is 0 Å². The van der Waals surface area contributed by atoms with Gasteiger partial charge in [-0.25, -0.2) is 9.55 Å². The first kappa shape index (κ1) is 11.1. The Bertz CT molecular complexity index is 543. The van der Waals surface area contributed by atoms with E-state index in [1.165, 1.54) is 17.1 Å². The maximum absolute atomic E-state index is 10.7. The largest absolute Gasteiger partial charge is 0.358 e. The van der Waals surface area contributed by atoms with E-state index in [9.17, 15) is 10.1 Å². The quantitative estimate of drug-likeness (QED) is 0.597. The predicted octanol–water partition coefficient (Wildman–Crippen LogP) is 2.48. The minimum Gasteiger partial charge on any atom is -0.358 e. The molecule has 0 spiro atoms. The van der Waals surface area contributed by atoms with Gasteiger partial charge in [-0.1, -0.05) is 36.9 Å². The normalized spacial score (nSPS) is 10.1. The molecule has 5 nitrogen and oxygen atoms in total. The fraction of sp³-hybridized carbons (Fsp3) is 0.0833. The number of imidazole rings is 1. The van der Waals surface area contributed by atoms with Crippen molar-refractivity contribution in [3.05, 3.63) is 64.6 Å². The summed E-state index contributed by atoms with van der Waals surface area (Å²) >= 11 is 0. The number of hydrogen-bond acceptors (Lipinski definition) is 3. The summed E-state index contributed by atoms with van der Waals surface area (Å²) in [5.74, 6) is -0.00204. The molecule has 5 heteroatoms. The van der Waals surface area contributed by atoms with Crippen LogP contribution in [-0.4, -0.2) is 14.5 Å². The fourth-order valence-electron chi connectivity index (χ4n) is 1.54. The van der Waals surface area contributed by atoms with E-state index in [1.54, 1.807) is 6.08 Å². The summed E-state index contributed by atoms with van der Waals surface area (Å²) in [6.45, 7) is 4.11. The Hall–Kier alpha value is -2.43. The molecule has 2 rings (SSSR count). The summed E-state index contributed by atoms with van der Waals surface area (Å²) in [6.07, 6.45) is 4.46. The minimum absolute atomic E-state index is 0.00204. The molecule has 0 N–H and O–H groups in total. The number of aromatic nitrogens is 2. The Morgan fingerprint density at radius 2 is 2.12 bits per heavy atom. The van der Waals surface area contributed by atoms with Crippen LogP contribution in [0.1, 0.15) is 11.1 Å². The summed E-state index contributed by atoms with van der Waals surface area (Å²) in [4.78, 5) is 14.0. The molecule has 0 radical (unpaired) electrons. The van der Waals surface area contributed by atoms with E-state index in [0.29, 0.717) is 6.54 Å². The second-order valence-corrected chi connectivity index (χ2v) is 3.58. The topological polar surface area (TPSA) is 61.0 Å². The Labute approximate surface area is 98.2 Å². The van der Waals surface area contributed by atoms with E-state index in [1.807, 2.05) is 24.3 Å². The van der Waals surface area contributed by atoms with Crippen LogP contribution in [-0.2, 0) is 6.54 Å². The van der Waals surface area contributed by atoms with Gasteiger partial charge in [-0.2, -0.15) is 0 Å². The van der Waals surface area contributed by atoms with E-state index in [0.717, 1.165) is 11.1 Å². The second kappa shape index (κ2) is 4.61. The first-order chi connectivity index (χ1) is 8.20. The highest BCUT2D eigenvalue weighted by atomic mass is 16.6. The Balaban J connectivity index is 2.22. The lowest BCUT2D eigenvalue weighted by Crippen LogP contribution is -2.02. The Kier molecular flexibility index (Phi) is 3.00. The van der Waals surface area contributed by atoms with Gasteiger partial charge < -0.3 is 10.1 Å². The number of benzene rings is 1. The highest BCUT2D eigenvalue weighted by Crippen LogP contribution is 2.13. The molecule has 0 aliphatic rings. The maximum atomic E-state index is 10.7. The summed E-state index contributed by atoms with van der Waals surface area (Å²) in [6, 6.07) is 7.68. The van der Waals surface area contributed by atoms with Crippen molar-refractivity contribution in [2.75, 3.05) is 0 Å². The van der Waals surface area contributed by atoms with Crippen molar-refractivity contribution in [1.29, 1.82) is 0 Å². The van der Waals surface area contributed by atoms with E-state index in [-0.39, 0.29) is 5.82 Å². The lowest BCUT2D eigenvalue weighted by molar-refractivity contribution is -0.392. The van der Waals surface area contributed by atoms with Crippen LogP contribution >= 0.6 is 0 Å². The average Bonchev–Trinajstić information content (AvgIpc) is 2.78. The van der Waals surface area contributed by atoms with Gasteiger partial charge in [0.15, 0.2) is 6.33 Å². The SMILES string of the molecule is C=Cc1ccc(Cn2cncc2[N+](=O)[O-])cc1. The minimum atomic E-state index is -0.439. The monoisotopic (exact) mass is 229 g/mol. The van der Waals surface area contributed by atoms with Crippen molar-refractivity contribution in [3.8, 4) is 0 Å². The van der Waals surface area contributed by atoms with Crippen molar-refractivity contribution in [2.45, 2.75) is 6.54 Å². The Morgan fingerprint density at radius 1 is 1.41 bits per heavy atom. The molecular formula is C12H11N3O2. The zero-order valence-electron chi connectivity index (χ0n) is 9.11. The molecule has 17 heavy (non-hydrogen) atoms. The molecule has 0 fully saturated rings. The van der Waals surface area contributed by atoms with E-state index >= 15 is 0 Å². The molecule has 1 aromatic carbocycles. The van der Waals surface area contributed by atoms with Crippen LogP contribution in [0.4, 0.5) is 5.82 Å². The number of rotatable bonds is 4. The smallest absolute Gasteiger partial charge is 0.342 e. The molecule has 0 aliphatic heterocycles. The van der Waals surface area contributed by atoms with Crippen LogP contribution in [0, 0.1) is 10.1 Å². The van der Waals surface area contributed by atoms with Crippen molar-refractivity contribution in [2.24, 2.45) is 0 Å². The maximum Gasteiger partial charge on any atom is 0.342 e. The van der Waals surface area contributed by atoms with Crippen LogP contribution in [0.15, 0.2) is 43.4 Å². The molecule has 86 valence electrons. The molecule has 0 unspecified atom stereocenters. The first-order valence-electron chi connectivity index (χ1n) is 5.06. The lowest BCUT2D eigenvalue weighted by atomic mass is 10.1. The van der Waals surface area contributed by atoms with Gasteiger partial charge in [-0.15, -0.1) is 0 Å². The van der Waals surface area contributed by atoms with Crippen LogP contribution < -0.4 is 0 Å². The molecule has 0 aliphatic carbocycles. The zero-order chi connectivity index (χ0) is 12.3. The lowest BCUT2D eigenvalue weighted by Gasteiger charge is -2.01. The summed E-state index contributed by atoms with van der Waals surface area (Å²) < 4.78 is 1.50. The van der Waals surface area contributed by atoms with Gasteiger partial charge in [0.05, 0.1) is 0 Å². The van der Waals surface area contributed by atoms with Crippen molar-refractivity contribution < 1.29 is 4.92 Å². The molecule has 0 atom stereocenters.